The lowest BCUT2D eigenvalue weighted by molar-refractivity contribution is 0.215. The summed E-state index contributed by atoms with van der Waals surface area (Å²) in [5, 5.41) is 8.09. The molecule has 0 spiro atoms. The van der Waals surface area contributed by atoms with E-state index in [1.54, 1.807) is 6.20 Å². The van der Waals surface area contributed by atoms with E-state index in [1.165, 1.54) is 19.4 Å². The maximum absolute atomic E-state index is 5.72. The van der Waals surface area contributed by atoms with Crippen molar-refractivity contribution in [2.24, 2.45) is 0 Å². The molecule has 1 aromatic rings. The second-order valence-corrected chi connectivity index (χ2v) is 4.15. The average molecular weight is 206 g/mol. The Morgan fingerprint density at radius 1 is 1.60 bits per heavy atom. The van der Waals surface area contributed by atoms with Crippen LogP contribution in [-0.4, -0.2) is 34.7 Å². The monoisotopic (exact) mass is 206 g/mol. The number of nitrogens with two attached hydrogens (primary N) is 1. The summed E-state index contributed by atoms with van der Waals surface area (Å²) in [5.74, 6) is 0.509. The van der Waals surface area contributed by atoms with E-state index >= 15 is 0 Å². The fourth-order valence-electron chi connectivity index (χ4n) is 2.18. The Kier molecular flexibility index (Phi) is 3.16. The van der Waals surface area contributed by atoms with E-state index in [9.17, 15) is 0 Å². The molecule has 1 saturated heterocycles. The average Bonchev–Trinajstić information content (AvgIpc) is 2.29. The molecule has 1 fully saturated rings. The summed E-state index contributed by atoms with van der Waals surface area (Å²) < 4.78 is 0. The fourth-order valence-corrected chi connectivity index (χ4v) is 2.18. The Morgan fingerprint density at radius 3 is 3.20 bits per heavy atom. The van der Waals surface area contributed by atoms with E-state index in [0.29, 0.717) is 11.6 Å². The van der Waals surface area contributed by atoms with Gasteiger partial charge in [-0.05, 0) is 32.0 Å². The summed E-state index contributed by atoms with van der Waals surface area (Å²) in [5.41, 5.74) is 7.48. The molecule has 15 heavy (non-hydrogen) atoms. The highest BCUT2D eigenvalue weighted by atomic mass is 15.1. The van der Waals surface area contributed by atoms with Crippen LogP contribution in [0.3, 0.4) is 0 Å². The molecule has 1 aliphatic rings. The minimum Gasteiger partial charge on any atom is -0.397 e. The third-order valence-corrected chi connectivity index (χ3v) is 3.07. The van der Waals surface area contributed by atoms with Crippen molar-refractivity contribution in [1.82, 2.24) is 15.1 Å². The highest BCUT2D eigenvalue weighted by molar-refractivity contribution is 5.35. The zero-order valence-corrected chi connectivity index (χ0v) is 9.19. The van der Waals surface area contributed by atoms with Gasteiger partial charge in [0.2, 0.25) is 0 Å². The van der Waals surface area contributed by atoms with Gasteiger partial charge in [-0.15, -0.1) is 0 Å². The van der Waals surface area contributed by atoms with Crippen molar-refractivity contribution >= 4 is 5.69 Å². The number of hydrogen-bond acceptors (Lipinski definition) is 4. The smallest absolute Gasteiger partial charge is 0.0726 e. The minimum absolute atomic E-state index is 0.509. The molecule has 0 bridgehead atoms. The standard InChI is InChI=1S/C11H18N4/c1-2-15-5-3-4-9(8-15)11-6-10(12)7-13-14-11/h6-7,9H,2-5,8H2,1H3,(H2,12,14). The predicted molar refractivity (Wildman–Crippen MR) is 60.5 cm³/mol. The molecule has 1 aliphatic heterocycles. The van der Waals surface area contributed by atoms with E-state index < -0.39 is 0 Å². The molecule has 1 atom stereocenters. The molecule has 2 rings (SSSR count). The van der Waals surface area contributed by atoms with Gasteiger partial charge >= 0.3 is 0 Å². The first-order chi connectivity index (χ1) is 7.29. The third-order valence-electron chi connectivity index (χ3n) is 3.07. The van der Waals surface area contributed by atoms with Crippen molar-refractivity contribution < 1.29 is 0 Å². The van der Waals surface area contributed by atoms with Crippen LogP contribution in [0, 0.1) is 0 Å². The van der Waals surface area contributed by atoms with Crippen molar-refractivity contribution in [2.75, 3.05) is 25.4 Å². The van der Waals surface area contributed by atoms with Crippen LogP contribution in [0.1, 0.15) is 31.4 Å². The Bertz CT molecular complexity index is 326. The molecular formula is C11H18N4. The van der Waals surface area contributed by atoms with Gasteiger partial charge in [-0.2, -0.15) is 10.2 Å². The number of likely N-dealkylation sites (N-methyl/N-ethyl adjacent to an activating group) is 1. The topological polar surface area (TPSA) is 55.0 Å². The molecule has 4 heteroatoms. The molecule has 0 saturated carbocycles. The summed E-state index contributed by atoms with van der Waals surface area (Å²) in [7, 11) is 0. The van der Waals surface area contributed by atoms with E-state index in [4.69, 9.17) is 5.73 Å². The van der Waals surface area contributed by atoms with Gasteiger partial charge in [-0.1, -0.05) is 6.92 Å². The number of piperidine rings is 1. The van der Waals surface area contributed by atoms with Crippen molar-refractivity contribution in [3.63, 3.8) is 0 Å². The molecule has 1 unspecified atom stereocenters. The SMILES string of the molecule is CCN1CCCC(c2cc(N)cnn2)C1. The van der Waals surface area contributed by atoms with Crippen LogP contribution in [0.15, 0.2) is 12.3 Å². The Labute approximate surface area is 90.5 Å². The lowest BCUT2D eigenvalue weighted by Crippen LogP contribution is -2.34. The maximum Gasteiger partial charge on any atom is 0.0726 e. The molecule has 0 aliphatic carbocycles. The van der Waals surface area contributed by atoms with Gasteiger partial charge in [0, 0.05) is 12.5 Å². The van der Waals surface area contributed by atoms with Gasteiger partial charge in [-0.25, -0.2) is 0 Å². The second-order valence-electron chi connectivity index (χ2n) is 4.15. The normalized spacial score (nSPS) is 22.9. The molecule has 0 aromatic carbocycles. The summed E-state index contributed by atoms with van der Waals surface area (Å²) in [4.78, 5) is 2.46. The lowest BCUT2D eigenvalue weighted by Gasteiger charge is -2.31. The van der Waals surface area contributed by atoms with E-state index in [0.717, 1.165) is 18.8 Å². The van der Waals surface area contributed by atoms with Gasteiger partial charge in [0.1, 0.15) is 0 Å². The largest absolute Gasteiger partial charge is 0.397 e. The highest BCUT2D eigenvalue weighted by Gasteiger charge is 2.21. The fraction of sp³-hybridized carbons (Fsp3) is 0.636. The summed E-state index contributed by atoms with van der Waals surface area (Å²) in [6.07, 6.45) is 4.05. The number of aromatic nitrogens is 2. The number of hydrogen-bond donors (Lipinski definition) is 1. The van der Waals surface area contributed by atoms with Crippen LogP contribution in [0.25, 0.3) is 0 Å². The highest BCUT2D eigenvalue weighted by Crippen LogP contribution is 2.25. The molecule has 0 amide bonds. The van der Waals surface area contributed by atoms with Crippen molar-refractivity contribution in [3.05, 3.63) is 18.0 Å². The van der Waals surface area contributed by atoms with Crippen LogP contribution in [0.2, 0.25) is 0 Å². The van der Waals surface area contributed by atoms with Crippen molar-refractivity contribution in [1.29, 1.82) is 0 Å². The van der Waals surface area contributed by atoms with Gasteiger partial charge in [-0.3, -0.25) is 0 Å². The van der Waals surface area contributed by atoms with Crippen LogP contribution in [0.4, 0.5) is 5.69 Å². The van der Waals surface area contributed by atoms with Crippen molar-refractivity contribution in [3.8, 4) is 0 Å². The van der Waals surface area contributed by atoms with Crippen molar-refractivity contribution in [2.45, 2.75) is 25.7 Å². The molecule has 4 nitrogen and oxygen atoms in total. The second kappa shape index (κ2) is 4.57. The van der Waals surface area contributed by atoms with Crippen LogP contribution in [-0.2, 0) is 0 Å². The Morgan fingerprint density at radius 2 is 2.47 bits per heavy atom. The van der Waals surface area contributed by atoms with Gasteiger partial charge in [0.05, 0.1) is 17.6 Å². The summed E-state index contributed by atoms with van der Waals surface area (Å²) in [6, 6.07) is 1.96. The molecular weight excluding hydrogens is 188 g/mol. The molecule has 1 aromatic heterocycles. The van der Waals surface area contributed by atoms with Gasteiger partial charge in [0.15, 0.2) is 0 Å². The maximum atomic E-state index is 5.72. The van der Waals surface area contributed by atoms with Crippen LogP contribution in [0.5, 0.6) is 0 Å². The first kappa shape index (κ1) is 10.4. The van der Waals surface area contributed by atoms with Crippen LogP contribution < -0.4 is 5.73 Å². The summed E-state index contributed by atoms with van der Waals surface area (Å²) in [6.45, 7) is 5.62. The molecule has 82 valence electrons. The zero-order chi connectivity index (χ0) is 10.7. The van der Waals surface area contributed by atoms with E-state index in [-0.39, 0.29) is 0 Å². The first-order valence-electron chi connectivity index (χ1n) is 5.60. The van der Waals surface area contributed by atoms with E-state index in [1.807, 2.05) is 6.07 Å². The van der Waals surface area contributed by atoms with Crippen LogP contribution >= 0.6 is 0 Å². The number of anilines is 1. The van der Waals surface area contributed by atoms with Gasteiger partial charge < -0.3 is 10.6 Å². The predicted octanol–water partition coefficient (Wildman–Crippen LogP) is 1.26. The zero-order valence-electron chi connectivity index (χ0n) is 9.19. The molecule has 2 heterocycles. The minimum atomic E-state index is 0.509. The van der Waals surface area contributed by atoms with E-state index in [2.05, 4.69) is 22.0 Å². The Hall–Kier alpha value is -1.16. The number of rotatable bonds is 2. The number of likely N-dealkylation sites (tertiary alicyclic amines) is 1. The Balaban J connectivity index is 2.09. The van der Waals surface area contributed by atoms with Gasteiger partial charge in [0.25, 0.3) is 0 Å². The third kappa shape index (κ3) is 2.45. The summed E-state index contributed by atoms with van der Waals surface area (Å²) >= 11 is 0. The molecule has 0 radical (unpaired) electrons. The first-order valence-corrected chi connectivity index (χ1v) is 5.60. The molecule has 2 N–H and O–H groups in total. The quantitative estimate of drug-likeness (QED) is 0.791. The number of nitrogens with zero attached hydrogens (tertiary/aromatic N) is 3. The number of nitrogen functional groups attached to an aromatic ring is 1. The lowest BCUT2D eigenvalue weighted by atomic mass is 9.94.